The van der Waals surface area contributed by atoms with E-state index in [0.717, 1.165) is 12.4 Å². The van der Waals surface area contributed by atoms with Gasteiger partial charge in [0.25, 0.3) is 0 Å². The van der Waals surface area contributed by atoms with Gasteiger partial charge in [-0.05, 0) is 12.1 Å². The number of pyridine rings is 1. The maximum atomic E-state index is 11.2. The van der Waals surface area contributed by atoms with Crippen LogP contribution in [0.3, 0.4) is 0 Å². The molecule has 1 fully saturated rings. The number of hydrogen-bond donors (Lipinski definition) is 0. The van der Waals surface area contributed by atoms with Crippen LogP contribution in [0.25, 0.3) is 0 Å². The highest BCUT2D eigenvalue weighted by atomic mass is 16.5. The topological polar surface area (TPSA) is 51.7 Å². The van der Waals surface area contributed by atoms with Crippen molar-refractivity contribution in [1.29, 1.82) is 0 Å². The van der Waals surface area contributed by atoms with E-state index in [9.17, 15) is 4.79 Å². The van der Waals surface area contributed by atoms with Crippen LogP contribution in [0.5, 0.6) is 0 Å². The van der Waals surface area contributed by atoms with Crippen LogP contribution in [0.1, 0.15) is 6.42 Å². The summed E-state index contributed by atoms with van der Waals surface area (Å²) in [7, 11) is 1.39. The summed E-state index contributed by atoms with van der Waals surface area (Å²) >= 11 is 0. The molecular formula is C12H16N2O3. The van der Waals surface area contributed by atoms with E-state index in [1.807, 2.05) is 18.2 Å². The fourth-order valence-corrected chi connectivity index (χ4v) is 1.86. The monoisotopic (exact) mass is 236 g/mol. The van der Waals surface area contributed by atoms with Crippen LogP contribution in [-0.2, 0) is 14.3 Å². The Kier molecular flexibility index (Phi) is 3.93. The van der Waals surface area contributed by atoms with Crippen molar-refractivity contribution in [2.45, 2.75) is 12.5 Å². The number of ether oxygens (including phenoxy) is 2. The predicted molar refractivity (Wildman–Crippen MR) is 62.8 cm³/mol. The molecule has 1 aliphatic rings. The van der Waals surface area contributed by atoms with E-state index in [2.05, 4.69) is 14.6 Å². The Labute approximate surface area is 100 Å². The fraction of sp³-hybridized carbons (Fsp3) is 0.500. The molecule has 0 aromatic carbocycles. The lowest BCUT2D eigenvalue weighted by molar-refractivity contribution is -0.144. The Morgan fingerprint density at radius 3 is 3.24 bits per heavy atom. The third kappa shape index (κ3) is 3.17. The number of esters is 1. The molecule has 0 aliphatic carbocycles. The number of methoxy groups -OCH3 is 1. The maximum Gasteiger partial charge on any atom is 0.308 e. The molecule has 17 heavy (non-hydrogen) atoms. The number of hydrogen-bond acceptors (Lipinski definition) is 5. The third-order valence-corrected chi connectivity index (χ3v) is 2.73. The van der Waals surface area contributed by atoms with Crippen LogP contribution in [-0.4, -0.2) is 43.9 Å². The molecule has 5 nitrogen and oxygen atoms in total. The van der Waals surface area contributed by atoms with E-state index in [4.69, 9.17) is 4.74 Å². The molecule has 1 aromatic heterocycles. The number of aromatic nitrogens is 1. The lowest BCUT2D eigenvalue weighted by Crippen LogP contribution is -2.43. The Morgan fingerprint density at radius 1 is 1.65 bits per heavy atom. The molecule has 0 N–H and O–H groups in total. The van der Waals surface area contributed by atoms with Crippen molar-refractivity contribution >= 4 is 11.8 Å². The van der Waals surface area contributed by atoms with E-state index < -0.39 is 0 Å². The molecule has 1 atom stereocenters. The highest BCUT2D eigenvalue weighted by molar-refractivity contribution is 5.69. The molecule has 0 bridgehead atoms. The van der Waals surface area contributed by atoms with Crippen molar-refractivity contribution in [2.75, 3.05) is 31.7 Å². The number of rotatable bonds is 3. The average Bonchev–Trinajstić information content (AvgIpc) is 2.40. The molecule has 0 saturated carbocycles. The minimum atomic E-state index is -0.238. The SMILES string of the molecule is COC(=O)C[C@@H]1CN(c2ccccn2)CCO1. The van der Waals surface area contributed by atoms with Gasteiger partial charge in [-0.2, -0.15) is 0 Å². The number of nitrogens with zero attached hydrogens (tertiary/aromatic N) is 2. The lowest BCUT2D eigenvalue weighted by Gasteiger charge is -2.33. The summed E-state index contributed by atoms with van der Waals surface area (Å²) in [5.41, 5.74) is 0. The molecule has 0 radical (unpaired) electrons. The molecule has 0 unspecified atom stereocenters. The van der Waals surface area contributed by atoms with Gasteiger partial charge in [0.1, 0.15) is 5.82 Å². The van der Waals surface area contributed by atoms with Crippen molar-refractivity contribution in [2.24, 2.45) is 0 Å². The summed E-state index contributed by atoms with van der Waals surface area (Å²) in [6, 6.07) is 5.80. The molecule has 0 amide bonds. The highest BCUT2D eigenvalue weighted by Crippen LogP contribution is 2.16. The van der Waals surface area contributed by atoms with Gasteiger partial charge in [-0.3, -0.25) is 4.79 Å². The molecule has 1 saturated heterocycles. The number of morpholine rings is 1. The smallest absolute Gasteiger partial charge is 0.308 e. The first kappa shape index (κ1) is 11.9. The van der Waals surface area contributed by atoms with Crippen LogP contribution >= 0.6 is 0 Å². The fourth-order valence-electron chi connectivity index (χ4n) is 1.86. The summed E-state index contributed by atoms with van der Waals surface area (Å²) in [6.07, 6.45) is 1.94. The minimum Gasteiger partial charge on any atom is -0.469 e. The van der Waals surface area contributed by atoms with Gasteiger partial charge in [-0.15, -0.1) is 0 Å². The zero-order valence-corrected chi connectivity index (χ0v) is 9.83. The number of carbonyl (C=O) groups is 1. The standard InChI is InChI=1S/C12H16N2O3/c1-16-12(15)8-10-9-14(6-7-17-10)11-4-2-3-5-13-11/h2-5,10H,6-9H2,1H3/t10-/m1/s1. The first-order valence-corrected chi connectivity index (χ1v) is 5.64. The predicted octanol–water partition coefficient (Wildman–Crippen LogP) is 0.850. The van der Waals surface area contributed by atoms with Crippen molar-refractivity contribution in [3.63, 3.8) is 0 Å². The van der Waals surface area contributed by atoms with Gasteiger partial charge in [0.2, 0.25) is 0 Å². The van der Waals surface area contributed by atoms with Crippen molar-refractivity contribution in [3.05, 3.63) is 24.4 Å². The van der Waals surface area contributed by atoms with Crippen LogP contribution in [0.2, 0.25) is 0 Å². The van der Waals surface area contributed by atoms with Crippen LogP contribution in [0.4, 0.5) is 5.82 Å². The van der Waals surface area contributed by atoms with Gasteiger partial charge < -0.3 is 14.4 Å². The van der Waals surface area contributed by atoms with E-state index in [1.54, 1.807) is 6.20 Å². The number of anilines is 1. The third-order valence-electron chi connectivity index (χ3n) is 2.73. The van der Waals surface area contributed by atoms with Crippen molar-refractivity contribution in [3.8, 4) is 0 Å². The van der Waals surface area contributed by atoms with Crippen molar-refractivity contribution in [1.82, 2.24) is 4.98 Å². The van der Waals surface area contributed by atoms with Gasteiger partial charge in [0.05, 0.1) is 26.2 Å². The first-order chi connectivity index (χ1) is 8.29. The van der Waals surface area contributed by atoms with E-state index in [-0.39, 0.29) is 12.1 Å². The van der Waals surface area contributed by atoms with Gasteiger partial charge >= 0.3 is 5.97 Å². The maximum absolute atomic E-state index is 11.2. The minimum absolute atomic E-state index is 0.113. The molecule has 1 aliphatic heterocycles. The molecule has 2 rings (SSSR count). The van der Waals surface area contributed by atoms with Crippen molar-refractivity contribution < 1.29 is 14.3 Å². The largest absolute Gasteiger partial charge is 0.469 e. The summed E-state index contributed by atoms with van der Waals surface area (Å²) < 4.78 is 10.2. The second-order valence-electron chi connectivity index (χ2n) is 3.91. The summed E-state index contributed by atoms with van der Waals surface area (Å²) in [4.78, 5) is 17.6. The quantitative estimate of drug-likeness (QED) is 0.728. The van der Waals surface area contributed by atoms with Gasteiger partial charge in [-0.25, -0.2) is 4.98 Å². The van der Waals surface area contributed by atoms with Crippen LogP contribution in [0, 0.1) is 0 Å². The van der Waals surface area contributed by atoms with Gasteiger partial charge in [0.15, 0.2) is 0 Å². The summed E-state index contributed by atoms with van der Waals surface area (Å²) in [5.74, 6) is 0.684. The van der Waals surface area contributed by atoms with Crippen LogP contribution < -0.4 is 4.90 Å². The van der Waals surface area contributed by atoms with E-state index in [1.165, 1.54) is 7.11 Å². The summed E-state index contributed by atoms with van der Waals surface area (Å²) in [5, 5.41) is 0. The second kappa shape index (κ2) is 5.63. The molecule has 1 aromatic rings. The van der Waals surface area contributed by atoms with Gasteiger partial charge in [0, 0.05) is 19.3 Å². The Hall–Kier alpha value is -1.62. The normalized spacial score (nSPS) is 20.1. The molecule has 92 valence electrons. The summed E-state index contributed by atoms with van der Waals surface area (Å²) in [6.45, 7) is 2.08. The molecule has 0 spiro atoms. The molecule has 2 heterocycles. The zero-order chi connectivity index (χ0) is 12.1. The highest BCUT2D eigenvalue weighted by Gasteiger charge is 2.23. The average molecular weight is 236 g/mol. The zero-order valence-electron chi connectivity index (χ0n) is 9.83. The molecule has 5 heteroatoms. The second-order valence-corrected chi connectivity index (χ2v) is 3.91. The van der Waals surface area contributed by atoms with E-state index >= 15 is 0 Å². The van der Waals surface area contributed by atoms with Gasteiger partial charge in [-0.1, -0.05) is 6.07 Å². The Bertz CT molecular complexity index is 369. The first-order valence-electron chi connectivity index (χ1n) is 5.64. The number of carbonyl (C=O) groups excluding carboxylic acids is 1. The Morgan fingerprint density at radius 2 is 2.53 bits per heavy atom. The molecular weight excluding hydrogens is 220 g/mol. The lowest BCUT2D eigenvalue weighted by atomic mass is 10.2. The van der Waals surface area contributed by atoms with Crippen LogP contribution in [0.15, 0.2) is 24.4 Å². The Balaban J connectivity index is 1.95. The van der Waals surface area contributed by atoms with E-state index in [0.29, 0.717) is 19.6 Å².